The van der Waals surface area contributed by atoms with E-state index in [1.807, 2.05) is 25.7 Å². The third-order valence-corrected chi connectivity index (χ3v) is 7.70. The fourth-order valence-corrected chi connectivity index (χ4v) is 6.51. The van der Waals surface area contributed by atoms with Crippen LogP contribution in [0.3, 0.4) is 0 Å². The normalized spacial score (nSPS) is 20.9. The van der Waals surface area contributed by atoms with Crippen LogP contribution in [-0.4, -0.2) is 10.3 Å². The van der Waals surface area contributed by atoms with Crippen molar-refractivity contribution in [3.05, 3.63) is 31.3 Å². The Hall–Kier alpha value is 0.230. The van der Waals surface area contributed by atoms with Gasteiger partial charge in [-0.25, -0.2) is 0 Å². The fraction of sp³-hybridized carbons (Fsp3) is 0.615. The first-order chi connectivity index (χ1) is 6.61. The summed E-state index contributed by atoms with van der Waals surface area (Å²) >= 11 is 0. The molecule has 1 aliphatic rings. The highest BCUT2D eigenvalue weighted by atomic mass is 31.2. The average Bonchev–Trinajstić information content (AvgIpc) is 2.49. The fourth-order valence-electron chi connectivity index (χ4n) is 2.35. The standard InChI is InChI=1S/C13H22OP/c1-12(2,3)15(14,13(4,5)6)11-9-7-8-10-11/h7-10H,1-6H3. The van der Waals surface area contributed by atoms with Gasteiger partial charge in [0.25, 0.3) is 0 Å². The van der Waals surface area contributed by atoms with Crippen LogP contribution in [0.2, 0.25) is 0 Å². The summed E-state index contributed by atoms with van der Waals surface area (Å²) in [6.07, 6.45) is 7.94. The molecule has 0 aromatic carbocycles. The van der Waals surface area contributed by atoms with Crippen LogP contribution in [-0.2, 0) is 4.57 Å². The minimum atomic E-state index is -2.39. The Kier molecular flexibility index (Phi) is 3.47. The highest BCUT2D eigenvalue weighted by molar-refractivity contribution is 7.70. The third-order valence-electron chi connectivity index (χ3n) is 2.90. The predicted octanol–water partition coefficient (Wildman–Crippen LogP) is 4.31. The van der Waals surface area contributed by atoms with E-state index in [1.54, 1.807) is 0 Å². The first kappa shape index (κ1) is 13.3. The van der Waals surface area contributed by atoms with Crippen molar-refractivity contribution >= 4 is 7.14 Å². The second-order valence-electron chi connectivity index (χ2n) is 6.09. The van der Waals surface area contributed by atoms with Gasteiger partial charge < -0.3 is 4.57 Å². The Morgan fingerprint density at radius 1 is 0.867 bits per heavy atom. The first-order valence-electron chi connectivity index (χ1n) is 5.43. The molecule has 0 aromatic rings. The van der Waals surface area contributed by atoms with Gasteiger partial charge in [0.05, 0.1) is 0 Å². The highest BCUT2D eigenvalue weighted by Crippen LogP contribution is 2.75. The van der Waals surface area contributed by atoms with E-state index in [2.05, 4.69) is 41.5 Å². The van der Waals surface area contributed by atoms with Crippen LogP contribution >= 0.6 is 7.14 Å². The van der Waals surface area contributed by atoms with E-state index in [1.165, 1.54) is 0 Å². The summed E-state index contributed by atoms with van der Waals surface area (Å²) in [5, 5.41) is -0.362. The summed E-state index contributed by atoms with van der Waals surface area (Å²) in [6.45, 7) is 12.5. The van der Waals surface area contributed by atoms with Gasteiger partial charge in [-0.1, -0.05) is 41.5 Å². The van der Waals surface area contributed by atoms with E-state index in [0.29, 0.717) is 0 Å². The first-order valence-corrected chi connectivity index (χ1v) is 7.14. The van der Waals surface area contributed by atoms with Crippen LogP contribution < -0.4 is 0 Å². The van der Waals surface area contributed by atoms with Gasteiger partial charge in [-0.3, -0.25) is 0 Å². The van der Waals surface area contributed by atoms with Crippen LogP contribution in [0.4, 0.5) is 0 Å². The number of hydrogen-bond donors (Lipinski definition) is 0. The Balaban J connectivity index is 3.13. The van der Waals surface area contributed by atoms with E-state index in [4.69, 9.17) is 0 Å². The van der Waals surface area contributed by atoms with Crippen molar-refractivity contribution in [2.45, 2.75) is 51.9 Å². The maximum absolute atomic E-state index is 13.3. The second-order valence-corrected chi connectivity index (χ2v) is 10.5. The molecule has 85 valence electrons. The molecular weight excluding hydrogens is 203 g/mol. The molecule has 0 amide bonds. The molecule has 0 atom stereocenters. The van der Waals surface area contributed by atoms with Gasteiger partial charge in [0.2, 0.25) is 0 Å². The maximum Gasteiger partial charge on any atom is 0.105 e. The Morgan fingerprint density at radius 3 is 1.47 bits per heavy atom. The molecule has 1 nitrogen and oxygen atoms in total. The number of hydrogen-bond acceptors (Lipinski definition) is 1. The quantitative estimate of drug-likeness (QED) is 0.608. The molecule has 0 aromatic heterocycles. The van der Waals surface area contributed by atoms with E-state index < -0.39 is 7.14 Å². The Labute approximate surface area is 95.4 Å². The van der Waals surface area contributed by atoms with E-state index in [-0.39, 0.29) is 10.3 Å². The summed E-state index contributed by atoms with van der Waals surface area (Å²) in [4.78, 5) is 0. The summed E-state index contributed by atoms with van der Waals surface area (Å²) in [7, 11) is -2.39. The molecule has 1 aliphatic carbocycles. The molecule has 5 radical (unpaired) electrons. The average molecular weight is 225 g/mol. The second kappa shape index (κ2) is 3.91. The molecule has 15 heavy (non-hydrogen) atoms. The Bertz CT molecular complexity index is 243. The lowest BCUT2D eigenvalue weighted by molar-refractivity contribution is 0.521. The van der Waals surface area contributed by atoms with Gasteiger partial charge in [0.1, 0.15) is 7.14 Å². The lowest BCUT2D eigenvalue weighted by Gasteiger charge is -2.44. The van der Waals surface area contributed by atoms with Crippen LogP contribution in [0.15, 0.2) is 0 Å². The lowest BCUT2D eigenvalue weighted by atomic mass is 10.2. The lowest BCUT2D eigenvalue weighted by Crippen LogP contribution is -2.31. The molecule has 1 fully saturated rings. The van der Waals surface area contributed by atoms with Crippen LogP contribution in [0.5, 0.6) is 0 Å². The summed E-state index contributed by atoms with van der Waals surface area (Å²) < 4.78 is 13.3. The molecule has 0 spiro atoms. The summed E-state index contributed by atoms with van der Waals surface area (Å²) in [5.74, 6) is 0. The molecule has 1 rings (SSSR count). The van der Waals surface area contributed by atoms with Gasteiger partial charge in [0.15, 0.2) is 0 Å². The van der Waals surface area contributed by atoms with Crippen molar-refractivity contribution < 1.29 is 4.57 Å². The smallest absolute Gasteiger partial charge is 0.105 e. The van der Waals surface area contributed by atoms with Crippen molar-refractivity contribution in [3.8, 4) is 0 Å². The van der Waals surface area contributed by atoms with Crippen molar-refractivity contribution in [3.63, 3.8) is 0 Å². The Morgan fingerprint density at radius 2 is 1.20 bits per heavy atom. The van der Waals surface area contributed by atoms with Gasteiger partial charge in [-0.15, -0.1) is 0 Å². The van der Waals surface area contributed by atoms with Crippen LogP contribution in [0, 0.1) is 31.3 Å². The highest BCUT2D eigenvalue weighted by Gasteiger charge is 2.52. The summed E-state index contributed by atoms with van der Waals surface area (Å²) in [6, 6.07) is 0. The van der Waals surface area contributed by atoms with Crippen LogP contribution in [0.1, 0.15) is 41.5 Å². The molecule has 0 aliphatic heterocycles. The van der Waals surface area contributed by atoms with Crippen molar-refractivity contribution in [2.75, 3.05) is 0 Å². The molecule has 0 bridgehead atoms. The minimum absolute atomic E-state index is 0.181. The van der Waals surface area contributed by atoms with Gasteiger partial charge in [-0.2, -0.15) is 0 Å². The topological polar surface area (TPSA) is 17.1 Å². The molecule has 0 heterocycles. The zero-order valence-corrected chi connectivity index (χ0v) is 11.6. The zero-order chi connectivity index (χ0) is 11.9. The third kappa shape index (κ3) is 2.18. The molecule has 2 heteroatoms. The van der Waals surface area contributed by atoms with Gasteiger partial charge in [-0.05, 0) is 25.7 Å². The molecular formula is C13H22OP. The van der Waals surface area contributed by atoms with Gasteiger partial charge >= 0.3 is 0 Å². The summed E-state index contributed by atoms with van der Waals surface area (Å²) in [5.41, 5.74) is 1.02. The number of rotatable bonds is 1. The molecule has 0 N–H and O–H groups in total. The van der Waals surface area contributed by atoms with E-state index >= 15 is 0 Å². The van der Waals surface area contributed by atoms with Crippen LogP contribution in [0.25, 0.3) is 0 Å². The molecule has 0 unspecified atom stereocenters. The van der Waals surface area contributed by atoms with Crippen molar-refractivity contribution in [1.82, 2.24) is 0 Å². The van der Waals surface area contributed by atoms with E-state index in [0.717, 1.165) is 5.66 Å². The minimum Gasteiger partial charge on any atom is -0.322 e. The van der Waals surface area contributed by atoms with Gasteiger partial charge in [0, 0.05) is 16.0 Å². The maximum atomic E-state index is 13.3. The van der Waals surface area contributed by atoms with Crippen molar-refractivity contribution in [2.24, 2.45) is 0 Å². The molecule has 1 saturated carbocycles. The monoisotopic (exact) mass is 225 g/mol. The van der Waals surface area contributed by atoms with Crippen molar-refractivity contribution in [1.29, 1.82) is 0 Å². The predicted molar refractivity (Wildman–Crippen MR) is 67.6 cm³/mol. The zero-order valence-electron chi connectivity index (χ0n) is 10.7. The molecule has 0 saturated heterocycles. The largest absolute Gasteiger partial charge is 0.322 e. The SMILES string of the molecule is CC(C)(C)P(=O)([C]1[CH][CH][CH][CH]1)C(C)(C)C. The van der Waals surface area contributed by atoms with E-state index in [9.17, 15) is 4.57 Å².